The number of hydrogen-bond acceptors (Lipinski definition) is 2. The maximum absolute atomic E-state index is 12.8. The first kappa shape index (κ1) is 15.6. The molecule has 0 radical (unpaired) electrons. The van der Waals surface area contributed by atoms with Crippen molar-refractivity contribution in [3.63, 3.8) is 0 Å². The van der Waals surface area contributed by atoms with Gasteiger partial charge in [-0.05, 0) is 23.3 Å². The Morgan fingerprint density at radius 2 is 1.83 bits per heavy atom. The van der Waals surface area contributed by atoms with Crippen molar-refractivity contribution in [3.8, 4) is 0 Å². The van der Waals surface area contributed by atoms with Crippen LogP contribution in [0, 0.1) is 0 Å². The SMILES string of the molecule is O=C(O)C1(Cc2ccccc2)OC1c1cccc(C(F)(F)F)c1. The zero-order chi connectivity index (χ0) is 16.7. The van der Waals surface area contributed by atoms with E-state index < -0.39 is 29.4 Å². The minimum absolute atomic E-state index is 0.101. The van der Waals surface area contributed by atoms with Crippen molar-refractivity contribution < 1.29 is 27.8 Å². The van der Waals surface area contributed by atoms with E-state index in [2.05, 4.69) is 0 Å². The van der Waals surface area contributed by atoms with Gasteiger partial charge in [0.05, 0.1) is 5.56 Å². The van der Waals surface area contributed by atoms with Crippen LogP contribution in [-0.4, -0.2) is 16.7 Å². The van der Waals surface area contributed by atoms with Crippen LogP contribution in [0.3, 0.4) is 0 Å². The summed E-state index contributed by atoms with van der Waals surface area (Å²) in [4.78, 5) is 11.6. The fourth-order valence-corrected chi connectivity index (χ4v) is 2.66. The van der Waals surface area contributed by atoms with Crippen molar-refractivity contribution in [1.29, 1.82) is 0 Å². The molecule has 2 atom stereocenters. The van der Waals surface area contributed by atoms with Gasteiger partial charge in [0.2, 0.25) is 0 Å². The molecular weight excluding hydrogens is 309 g/mol. The van der Waals surface area contributed by atoms with Gasteiger partial charge >= 0.3 is 12.1 Å². The van der Waals surface area contributed by atoms with E-state index in [0.717, 1.165) is 17.7 Å². The second kappa shape index (κ2) is 5.38. The average molecular weight is 322 g/mol. The fourth-order valence-electron chi connectivity index (χ4n) is 2.66. The van der Waals surface area contributed by atoms with E-state index in [-0.39, 0.29) is 12.0 Å². The second-order valence-electron chi connectivity index (χ2n) is 5.48. The number of rotatable bonds is 4. The number of benzene rings is 2. The number of carbonyl (C=O) groups is 1. The summed E-state index contributed by atoms with van der Waals surface area (Å²) in [6.07, 6.45) is -5.26. The highest BCUT2D eigenvalue weighted by Crippen LogP contribution is 2.52. The summed E-state index contributed by atoms with van der Waals surface area (Å²) in [6, 6.07) is 13.5. The van der Waals surface area contributed by atoms with Gasteiger partial charge in [0, 0.05) is 6.42 Å². The van der Waals surface area contributed by atoms with Crippen LogP contribution in [0.25, 0.3) is 0 Å². The lowest BCUT2D eigenvalue weighted by Crippen LogP contribution is -2.27. The summed E-state index contributed by atoms with van der Waals surface area (Å²) in [5.74, 6) is -1.18. The third kappa shape index (κ3) is 2.94. The van der Waals surface area contributed by atoms with Crippen LogP contribution in [0.4, 0.5) is 13.2 Å². The molecule has 3 rings (SSSR count). The molecule has 1 N–H and O–H groups in total. The zero-order valence-electron chi connectivity index (χ0n) is 11.9. The highest BCUT2D eigenvalue weighted by molar-refractivity contribution is 5.82. The van der Waals surface area contributed by atoms with E-state index in [4.69, 9.17) is 4.74 Å². The molecule has 6 heteroatoms. The standard InChI is InChI=1S/C17H13F3O3/c18-17(19,20)13-8-4-7-12(9-13)14-16(23-14,15(21)22)10-11-5-2-1-3-6-11/h1-9,14H,10H2,(H,21,22). The summed E-state index contributed by atoms with van der Waals surface area (Å²) in [6.45, 7) is 0. The topological polar surface area (TPSA) is 49.8 Å². The van der Waals surface area contributed by atoms with E-state index in [1.165, 1.54) is 12.1 Å². The Balaban J connectivity index is 1.89. The Morgan fingerprint density at radius 3 is 2.43 bits per heavy atom. The molecule has 1 saturated heterocycles. The normalized spacial score (nSPS) is 23.5. The number of halogens is 3. The van der Waals surface area contributed by atoms with Crippen molar-refractivity contribution in [2.45, 2.75) is 24.3 Å². The van der Waals surface area contributed by atoms with E-state index in [9.17, 15) is 23.1 Å². The highest BCUT2D eigenvalue weighted by atomic mass is 19.4. The van der Waals surface area contributed by atoms with Gasteiger partial charge in [0.1, 0.15) is 6.10 Å². The average Bonchev–Trinajstić information content (AvgIpc) is 3.23. The molecule has 0 spiro atoms. The number of hydrogen-bond donors (Lipinski definition) is 1. The number of carboxylic acid groups (broad SMARTS) is 1. The molecule has 0 amide bonds. The van der Waals surface area contributed by atoms with Crippen molar-refractivity contribution in [3.05, 3.63) is 71.3 Å². The van der Waals surface area contributed by atoms with Crippen molar-refractivity contribution in [2.75, 3.05) is 0 Å². The fraction of sp³-hybridized carbons (Fsp3) is 0.235. The van der Waals surface area contributed by atoms with Crippen LogP contribution in [0.15, 0.2) is 54.6 Å². The molecule has 3 nitrogen and oxygen atoms in total. The zero-order valence-corrected chi connectivity index (χ0v) is 11.9. The lowest BCUT2D eigenvalue weighted by atomic mass is 9.92. The van der Waals surface area contributed by atoms with Gasteiger partial charge in [-0.3, -0.25) is 0 Å². The molecule has 1 aliphatic heterocycles. The molecule has 0 aromatic heterocycles. The summed E-state index contributed by atoms with van der Waals surface area (Å²) in [7, 11) is 0. The van der Waals surface area contributed by atoms with Crippen LogP contribution >= 0.6 is 0 Å². The van der Waals surface area contributed by atoms with Crippen LogP contribution in [-0.2, 0) is 22.1 Å². The van der Waals surface area contributed by atoms with Crippen LogP contribution in [0.5, 0.6) is 0 Å². The van der Waals surface area contributed by atoms with E-state index in [1.807, 2.05) is 0 Å². The molecule has 23 heavy (non-hydrogen) atoms. The molecule has 1 heterocycles. The highest BCUT2D eigenvalue weighted by Gasteiger charge is 2.63. The third-order valence-electron chi connectivity index (χ3n) is 3.88. The van der Waals surface area contributed by atoms with Gasteiger partial charge in [0.15, 0.2) is 5.60 Å². The van der Waals surface area contributed by atoms with Gasteiger partial charge in [-0.2, -0.15) is 13.2 Å². The molecule has 2 aromatic rings. The lowest BCUT2D eigenvalue weighted by molar-refractivity contribution is -0.143. The quantitative estimate of drug-likeness (QED) is 0.870. The molecular formula is C17H13F3O3. The predicted molar refractivity (Wildman–Crippen MR) is 75.8 cm³/mol. The summed E-state index contributed by atoms with van der Waals surface area (Å²) >= 11 is 0. The van der Waals surface area contributed by atoms with Crippen molar-refractivity contribution in [2.24, 2.45) is 0 Å². The number of ether oxygens (including phenoxy) is 1. The minimum Gasteiger partial charge on any atom is -0.479 e. The molecule has 2 unspecified atom stereocenters. The molecule has 0 saturated carbocycles. The third-order valence-corrected chi connectivity index (χ3v) is 3.88. The Hall–Kier alpha value is -2.34. The first-order valence-corrected chi connectivity index (χ1v) is 6.95. The Labute approximate surface area is 130 Å². The molecule has 1 fully saturated rings. The van der Waals surface area contributed by atoms with Crippen LogP contribution in [0.1, 0.15) is 22.8 Å². The smallest absolute Gasteiger partial charge is 0.416 e. The lowest BCUT2D eigenvalue weighted by Gasteiger charge is -2.10. The van der Waals surface area contributed by atoms with Gasteiger partial charge in [-0.25, -0.2) is 4.79 Å². The van der Waals surface area contributed by atoms with E-state index in [1.54, 1.807) is 30.3 Å². The molecule has 1 aliphatic rings. The number of alkyl halides is 3. The van der Waals surface area contributed by atoms with Crippen molar-refractivity contribution >= 4 is 5.97 Å². The number of aliphatic carboxylic acids is 1. The van der Waals surface area contributed by atoms with Crippen LogP contribution < -0.4 is 0 Å². The largest absolute Gasteiger partial charge is 0.479 e. The van der Waals surface area contributed by atoms with Crippen molar-refractivity contribution in [1.82, 2.24) is 0 Å². The summed E-state index contributed by atoms with van der Waals surface area (Å²) in [5.41, 5.74) is -1.35. The van der Waals surface area contributed by atoms with E-state index >= 15 is 0 Å². The minimum atomic E-state index is -4.48. The maximum atomic E-state index is 12.8. The van der Waals surface area contributed by atoms with E-state index in [0.29, 0.717) is 0 Å². The molecule has 0 bridgehead atoms. The molecule has 0 aliphatic carbocycles. The van der Waals surface area contributed by atoms with Gasteiger partial charge in [-0.15, -0.1) is 0 Å². The summed E-state index contributed by atoms with van der Waals surface area (Å²) in [5, 5.41) is 9.48. The first-order valence-electron chi connectivity index (χ1n) is 6.95. The number of carboxylic acids is 1. The first-order chi connectivity index (χ1) is 10.8. The van der Waals surface area contributed by atoms with Gasteiger partial charge in [-0.1, -0.05) is 42.5 Å². The monoisotopic (exact) mass is 322 g/mol. The predicted octanol–water partition coefficient (Wildman–Crippen LogP) is 3.84. The Bertz CT molecular complexity index is 727. The Kier molecular flexibility index (Phi) is 3.64. The Morgan fingerprint density at radius 1 is 1.13 bits per heavy atom. The second-order valence-corrected chi connectivity index (χ2v) is 5.48. The summed E-state index contributed by atoms with van der Waals surface area (Å²) < 4.78 is 43.7. The van der Waals surface area contributed by atoms with Gasteiger partial charge < -0.3 is 9.84 Å². The maximum Gasteiger partial charge on any atom is 0.416 e. The molecule has 120 valence electrons. The van der Waals surface area contributed by atoms with Gasteiger partial charge in [0.25, 0.3) is 0 Å². The number of epoxide rings is 1. The van der Waals surface area contributed by atoms with Crippen LogP contribution in [0.2, 0.25) is 0 Å². The molecule has 2 aromatic carbocycles.